The summed E-state index contributed by atoms with van der Waals surface area (Å²) in [6, 6.07) is 12.5. The number of halogens is 2. The Morgan fingerprint density at radius 2 is 2.10 bits per heavy atom. The van der Waals surface area contributed by atoms with E-state index < -0.39 is 5.82 Å². The van der Waals surface area contributed by atoms with Crippen molar-refractivity contribution in [1.82, 2.24) is 0 Å². The number of amides is 1. The number of rotatable bonds is 3. The first-order chi connectivity index (χ1) is 10.1. The van der Waals surface area contributed by atoms with Crippen LogP contribution < -0.4 is 10.6 Å². The van der Waals surface area contributed by atoms with Crippen LogP contribution >= 0.6 is 11.6 Å². The number of para-hydroxylation sites is 1. The summed E-state index contributed by atoms with van der Waals surface area (Å²) in [6.07, 6.45) is 0.302. The van der Waals surface area contributed by atoms with Crippen LogP contribution in [0.1, 0.15) is 17.9 Å². The molecular formula is C16H14ClFN2O. The van der Waals surface area contributed by atoms with Crippen LogP contribution in [0, 0.1) is 5.82 Å². The number of carbonyl (C=O) groups excluding carboxylic acids is 1. The van der Waals surface area contributed by atoms with Crippen molar-refractivity contribution in [2.45, 2.75) is 12.3 Å². The average molecular weight is 305 g/mol. The Bertz CT molecular complexity index is 690. The zero-order valence-corrected chi connectivity index (χ0v) is 12.0. The molecule has 5 heteroatoms. The summed E-state index contributed by atoms with van der Waals surface area (Å²) >= 11 is 5.70. The summed E-state index contributed by atoms with van der Waals surface area (Å²) in [7, 11) is 0. The number of carbonyl (C=O) groups is 1. The minimum Gasteiger partial charge on any atom is -0.384 e. The zero-order chi connectivity index (χ0) is 14.8. The summed E-state index contributed by atoms with van der Waals surface area (Å²) in [5.74, 6) is -0.722. The van der Waals surface area contributed by atoms with Gasteiger partial charge in [0, 0.05) is 24.6 Å². The van der Waals surface area contributed by atoms with Gasteiger partial charge in [-0.1, -0.05) is 35.9 Å². The summed E-state index contributed by atoms with van der Waals surface area (Å²) in [4.78, 5) is 12.1. The van der Waals surface area contributed by atoms with E-state index in [9.17, 15) is 9.18 Å². The van der Waals surface area contributed by atoms with Crippen LogP contribution in [-0.4, -0.2) is 12.5 Å². The van der Waals surface area contributed by atoms with E-state index in [1.165, 1.54) is 12.1 Å². The van der Waals surface area contributed by atoms with E-state index in [0.717, 1.165) is 11.3 Å². The van der Waals surface area contributed by atoms with Crippen molar-refractivity contribution in [3.8, 4) is 0 Å². The fraction of sp³-hybridized carbons (Fsp3) is 0.188. The van der Waals surface area contributed by atoms with Crippen LogP contribution in [-0.2, 0) is 4.79 Å². The number of nitrogens with one attached hydrogen (secondary N) is 2. The molecule has 0 spiro atoms. The molecule has 0 aliphatic carbocycles. The molecule has 1 aliphatic rings. The molecule has 2 aromatic carbocycles. The first-order valence-corrected chi connectivity index (χ1v) is 7.09. The fourth-order valence-corrected chi connectivity index (χ4v) is 2.74. The molecule has 0 fully saturated rings. The second kappa shape index (κ2) is 5.74. The minimum absolute atomic E-state index is 0.000628. The standard InChI is InChI=1S/C16H14ClFN2O/c17-12-5-3-7-14(16(12)18)20-15(21)8-10-9-19-13-6-2-1-4-11(10)13/h1-7,10,19H,8-9H2,(H,20,21). The van der Waals surface area contributed by atoms with Crippen molar-refractivity contribution in [3.63, 3.8) is 0 Å². The molecule has 1 amide bonds. The predicted octanol–water partition coefficient (Wildman–Crippen LogP) is 4.02. The zero-order valence-electron chi connectivity index (χ0n) is 11.2. The van der Waals surface area contributed by atoms with Crippen molar-refractivity contribution in [2.75, 3.05) is 17.2 Å². The first kappa shape index (κ1) is 13.9. The van der Waals surface area contributed by atoms with Crippen LogP contribution in [0.5, 0.6) is 0 Å². The number of hydrogen-bond donors (Lipinski definition) is 2. The molecule has 0 bridgehead atoms. The predicted molar refractivity (Wildman–Crippen MR) is 82.3 cm³/mol. The average Bonchev–Trinajstić information content (AvgIpc) is 2.87. The third kappa shape index (κ3) is 2.85. The van der Waals surface area contributed by atoms with Crippen molar-refractivity contribution in [2.24, 2.45) is 0 Å². The number of hydrogen-bond acceptors (Lipinski definition) is 2. The van der Waals surface area contributed by atoms with Crippen LogP contribution in [0.2, 0.25) is 5.02 Å². The van der Waals surface area contributed by atoms with E-state index >= 15 is 0 Å². The van der Waals surface area contributed by atoms with Gasteiger partial charge >= 0.3 is 0 Å². The Hall–Kier alpha value is -2.07. The van der Waals surface area contributed by atoms with E-state index in [4.69, 9.17) is 11.6 Å². The second-order valence-electron chi connectivity index (χ2n) is 5.02. The van der Waals surface area contributed by atoms with Crippen molar-refractivity contribution in [3.05, 3.63) is 58.9 Å². The summed E-state index contributed by atoms with van der Waals surface area (Å²) in [5.41, 5.74) is 2.30. The lowest BCUT2D eigenvalue weighted by Gasteiger charge is -2.11. The molecule has 3 nitrogen and oxygen atoms in total. The summed E-state index contributed by atoms with van der Waals surface area (Å²) < 4.78 is 13.8. The monoisotopic (exact) mass is 304 g/mol. The highest BCUT2D eigenvalue weighted by atomic mass is 35.5. The van der Waals surface area contributed by atoms with Gasteiger partial charge in [-0.25, -0.2) is 4.39 Å². The van der Waals surface area contributed by atoms with E-state index in [1.807, 2.05) is 24.3 Å². The molecule has 1 unspecified atom stereocenters. The summed E-state index contributed by atoms with van der Waals surface area (Å²) in [6.45, 7) is 0.713. The van der Waals surface area contributed by atoms with Gasteiger partial charge in [0.15, 0.2) is 5.82 Å². The normalized spacial score (nSPS) is 16.2. The van der Waals surface area contributed by atoms with Gasteiger partial charge in [0.2, 0.25) is 5.91 Å². The molecule has 1 atom stereocenters. The van der Waals surface area contributed by atoms with E-state index in [1.54, 1.807) is 6.07 Å². The molecule has 1 aliphatic heterocycles. The SMILES string of the molecule is O=C(CC1CNc2ccccc21)Nc1cccc(Cl)c1F. The lowest BCUT2D eigenvalue weighted by Crippen LogP contribution is -2.17. The van der Waals surface area contributed by atoms with Gasteiger partial charge in [-0.3, -0.25) is 4.79 Å². The highest BCUT2D eigenvalue weighted by Gasteiger charge is 2.24. The first-order valence-electron chi connectivity index (χ1n) is 6.72. The maximum absolute atomic E-state index is 13.8. The van der Waals surface area contributed by atoms with Gasteiger partial charge < -0.3 is 10.6 Å². The molecule has 108 valence electrons. The van der Waals surface area contributed by atoms with Crippen molar-refractivity contribution < 1.29 is 9.18 Å². The number of benzene rings is 2. The molecule has 0 aromatic heterocycles. The lowest BCUT2D eigenvalue weighted by atomic mass is 9.97. The molecule has 21 heavy (non-hydrogen) atoms. The fourth-order valence-electron chi connectivity index (χ4n) is 2.56. The molecular weight excluding hydrogens is 291 g/mol. The molecule has 0 radical (unpaired) electrons. The van der Waals surface area contributed by atoms with Gasteiger partial charge in [0.1, 0.15) is 0 Å². The van der Waals surface area contributed by atoms with E-state index in [2.05, 4.69) is 10.6 Å². The molecule has 0 saturated heterocycles. The van der Waals surface area contributed by atoms with Gasteiger partial charge in [0.25, 0.3) is 0 Å². The summed E-state index contributed by atoms with van der Waals surface area (Å²) in [5, 5.41) is 5.85. The Morgan fingerprint density at radius 1 is 1.29 bits per heavy atom. The molecule has 3 rings (SSSR count). The molecule has 1 heterocycles. The Balaban J connectivity index is 1.69. The van der Waals surface area contributed by atoms with Crippen LogP contribution in [0.4, 0.5) is 15.8 Å². The Labute approximate surface area is 127 Å². The smallest absolute Gasteiger partial charge is 0.225 e. The quantitative estimate of drug-likeness (QED) is 0.899. The maximum Gasteiger partial charge on any atom is 0.225 e. The lowest BCUT2D eigenvalue weighted by molar-refractivity contribution is -0.116. The van der Waals surface area contributed by atoms with Gasteiger partial charge in [-0.2, -0.15) is 0 Å². The van der Waals surface area contributed by atoms with Crippen molar-refractivity contribution in [1.29, 1.82) is 0 Å². The molecule has 0 saturated carbocycles. The molecule has 2 N–H and O–H groups in total. The van der Waals surface area contributed by atoms with E-state index in [0.29, 0.717) is 13.0 Å². The second-order valence-corrected chi connectivity index (χ2v) is 5.43. The maximum atomic E-state index is 13.8. The number of fused-ring (bicyclic) bond motifs is 1. The highest BCUT2D eigenvalue weighted by Crippen LogP contribution is 2.33. The Kier molecular flexibility index (Phi) is 3.80. The van der Waals surface area contributed by atoms with Gasteiger partial charge in [-0.05, 0) is 23.8 Å². The highest BCUT2D eigenvalue weighted by molar-refractivity contribution is 6.31. The van der Waals surface area contributed by atoms with Crippen LogP contribution in [0.15, 0.2) is 42.5 Å². The topological polar surface area (TPSA) is 41.1 Å². The minimum atomic E-state index is -0.600. The van der Waals surface area contributed by atoms with Gasteiger partial charge in [-0.15, -0.1) is 0 Å². The Morgan fingerprint density at radius 3 is 2.95 bits per heavy atom. The largest absolute Gasteiger partial charge is 0.384 e. The third-order valence-corrected chi connectivity index (χ3v) is 3.89. The molecule has 2 aromatic rings. The number of anilines is 2. The van der Waals surface area contributed by atoms with E-state index in [-0.39, 0.29) is 22.5 Å². The van der Waals surface area contributed by atoms with Crippen molar-refractivity contribution >= 4 is 28.9 Å². The van der Waals surface area contributed by atoms with Crippen LogP contribution in [0.3, 0.4) is 0 Å². The third-order valence-electron chi connectivity index (χ3n) is 3.60. The van der Waals surface area contributed by atoms with Gasteiger partial charge in [0.05, 0.1) is 10.7 Å². The van der Waals surface area contributed by atoms with Crippen LogP contribution in [0.25, 0.3) is 0 Å².